The molecule has 4 atom stereocenters. The van der Waals surface area contributed by atoms with E-state index in [1.54, 1.807) is 0 Å². The van der Waals surface area contributed by atoms with Gasteiger partial charge in [-0.2, -0.15) is 11.8 Å². The number of aliphatic hydroxyl groups excluding tert-OH is 1. The zero-order chi connectivity index (χ0) is 15.7. The average Bonchev–Trinajstić information content (AvgIpc) is 2.83. The first-order valence-electron chi connectivity index (χ1n) is 8.59. The molecule has 2 nitrogen and oxygen atoms in total. The van der Waals surface area contributed by atoms with Crippen LogP contribution in [-0.4, -0.2) is 32.9 Å². The standard InChI is InChI=1S/C18H32O2S/c1-5-18(20,6-2)12-21-13(3)14-9-10-15-16(19)8-7-11-17(14,15)4/h9,13,15-16,19-20H,5-8,10-12H2,1-4H3/t13-,15?,16+,17?/m1/s1. The van der Waals surface area contributed by atoms with Crippen molar-refractivity contribution in [3.05, 3.63) is 11.6 Å². The Morgan fingerprint density at radius 3 is 2.71 bits per heavy atom. The van der Waals surface area contributed by atoms with E-state index in [0.29, 0.717) is 11.2 Å². The highest BCUT2D eigenvalue weighted by molar-refractivity contribution is 8.00. The summed E-state index contributed by atoms with van der Waals surface area (Å²) in [6, 6.07) is 0. The maximum atomic E-state index is 10.5. The van der Waals surface area contributed by atoms with E-state index in [9.17, 15) is 10.2 Å². The molecule has 0 radical (unpaired) electrons. The first-order chi connectivity index (χ1) is 9.86. The van der Waals surface area contributed by atoms with Crippen molar-refractivity contribution in [1.29, 1.82) is 0 Å². The van der Waals surface area contributed by atoms with Gasteiger partial charge in [0.1, 0.15) is 0 Å². The molecule has 0 heterocycles. The molecule has 2 N–H and O–H groups in total. The van der Waals surface area contributed by atoms with Crippen LogP contribution < -0.4 is 0 Å². The molecule has 0 saturated heterocycles. The molecule has 0 spiro atoms. The fourth-order valence-corrected chi connectivity index (χ4v) is 5.72. The summed E-state index contributed by atoms with van der Waals surface area (Å²) in [7, 11) is 0. The third kappa shape index (κ3) is 3.35. The van der Waals surface area contributed by atoms with E-state index in [4.69, 9.17) is 0 Å². The molecule has 2 aliphatic rings. The SMILES string of the molecule is CCC(O)(CC)CS[C@H](C)C1=CCC2[C@@H](O)CCCC12C. The van der Waals surface area contributed by atoms with E-state index < -0.39 is 5.60 Å². The van der Waals surface area contributed by atoms with Crippen molar-refractivity contribution < 1.29 is 10.2 Å². The van der Waals surface area contributed by atoms with Gasteiger partial charge in [-0.1, -0.05) is 32.4 Å². The molecule has 2 rings (SSSR count). The molecule has 122 valence electrons. The molecule has 0 bridgehead atoms. The van der Waals surface area contributed by atoms with Gasteiger partial charge in [0, 0.05) is 11.0 Å². The minimum absolute atomic E-state index is 0.127. The fraction of sp³-hybridized carbons (Fsp3) is 0.889. The molecular formula is C18H32O2S. The molecule has 3 heteroatoms. The van der Waals surface area contributed by atoms with Gasteiger partial charge in [0.2, 0.25) is 0 Å². The van der Waals surface area contributed by atoms with Crippen LogP contribution in [0.15, 0.2) is 11.6 Å². The van der Waals surface area contributed by atoms with Crippen LogP contribution in [0.3, 0.4) is 0 Å². The van der Waals surface area contributed by atoms with Gasteiger partial charge >= 0.3 is 0 Å². The van der Waals surface area contributed by atoms with Gasteiger partial charge in [0.25, 0.3) is 0 Å². The Labute approximate surface area is 134 Å². The predicted octanol–water partition coefficient (Wildman–Crippen LogP) is 4.16. The van der Waals surface area contributed by atoms with Crippen LogP contribution in [0.25, 0.3) is 0 Å². The zero-order valence-corrected chi connectivity index (χ0v) is 14.9. The van der Waals surface area contributed by atoms with E-state index in [0.717, 1.165) is 37.9 Å². The number of allylic oxidation sites excluding steroid dienone is 1. The molecule has 2 unspecified atom stereocenters. The summed E-state index contributed by atoms with van der Waals surface area (Å²) in [5.74, 6) is 1.22. The van der Waals surface area contributed by atoms with Crippen molar-refractivity contribution in [2.75, 3.05) is 5.75 Å². The summed E-state index contributed by atoms with van der Waals surface area (Å²) < 4.78 is 0. The smallest absolute Gasteiger partial charge is 0.0732 e. The molecule has 21 heavy (non-hydrogen) atoms. The van der Waals surface area contributed by atoms with Crippen molar-refractivity contribution >= 4 is 11.8 Å². The number of rotatable bonds is 6. The fourth-order valence-electron chi connectivity index (χ4n) is 4.21. The lowest BCUT2D eigenvalue weighted by atomic mass is 9.65. The predicted molar refractivity (Wildman–Crippen MR) is 91.6 cm³/mol. The lowest BCUT2D eigenvalue weighted by Gasteiger charge is -2.43. The van der Waals surface area contributed by atoms with E-state index in [-0.39, 0.29) is 11.5 Å². The minimum Gasteiger partial charge on any atom is -0.393 e. The topological polar surface area (TPSA) is 40.5 Å². The van der Waals surface area contributed by atoms with Crippen LogP contribution in [-0.2, 0) is 0 Å². The summed E-state index contributed by atoms with van der Waals surface area (Å²) in [5, 5.41) is 21.2. The third-order valence-corrected chi connectivity index (χ3v) is 7.54. The van der Waals surface area contributed by atoms with Gasteiger partial charge in [0.05, 0.1) is 11.7 Å². The summed E-state index contributed by atoms with van der Waals surface area (Å²) >= 11 is 1.89. The third-order valence-electron chi connectivity index (χ3n) is 6.09. The van der Waals surface area contributed by atoms with Crippen LogP contribution >= 0.6 is 11.8 Å². The molecule has 0 aliphatic heterocycles. The van der Waals surface area contributed by atoms with Gasteiger partial charge in [-0.15, -0.1) is 0 Å². The number of fused-ring (bicyclic) bond motifs is 1. The van der Waals surface area contributed by atoms with Gasteiger partial charge in [0.15, 0.2) is 0 Å². The molecular weight excluding hydrogens is 280 g/mol. The zero-order valence-electron chi connectivity index (χ0n) is 14.1. The van der Waals surface area contributed by atoms with Crippen LogP contribution in [0.4, 0.5) is 0 Å². The lowest BCUT2D eigenvalue weighted by Crippen LogP contribution is -2.40. The second-order valence-corrected chi connectivity index (χ2v) is 8.59. The number of hydrogen-bond donors (Lipinski definition) is 2. The Morgan fingerprint density at radius 1 is 1.43 bits per heavy atom. The highest BCUT2D eigenvalue weighted by Crippen LogP contribution is 2.55. The number of aliphatic hydroxyl groups is 2. The van der Waals surface area contributed by atoms with Crippen LogP contribution in [0.1, 0.15) is 66.2 Å². The maximum Gasteiger partial charge on any atom is 0.0732 e. The van der Waals surface area contributed by atoms with E-state index in [2.05, 4.69) is 33.8 Å². The summed E-state index contributed by atoms with van der Waals surface area (Å²) in [6.45, 7) is 8.76. The van der Waals surface area contributed by atoms with E-state index >= 15 is 0 Å². The highest BCUT2D eigenvalue weighted by atomic mass is 32.2. The molecule has 0 aromatic heterocycles. The van der Waals surface area contributed by atoms with E-state index in [1.807, 2.05) is 11.8 Å². The highest BCUT2D eigenvalue weighted by Gasteiger charge is 2.48. The quantitative estimate of drug-likeness (QED) is 0.724. The minimum atomic E-state index is -0.523. The summed E-state index contributed by atoms with van der Waals surface area (Å²) in [5.41, 5.74) is 1.18. The van der Waals surface area contributed by atoms with Crippen LogP contribution in [0, 0.1) is 11.3 Å². The Morgan fingerprint density at radius 2 is 2.10 bits per heavy atom. The second-order valence-electron chi connectivity index (χ2n) is 7.26. The van der Waals surface area contributed by atoms with Crippen molar-refractivity contribution in [2.45, 2.75) is 83.2 Å². The lowest BCUT2D eigenvalue weighted by molar-refractivity contribution is 0.0105. The Kier molecular flexibility index (Phi) is 5.49. The molecule has 2 aliphatic carbocycles. The largest absolute Gasteiger partial charge is 0.393 e. The van der Waals surface area contributed by atoms with Crippen molar-refractivity contribution in [3.8, 4) is 0 Å². The van der Waals surface area contributed by atoms with Gasteiger partial charge in [-0.05, 0) is 56.8 Å². The Balaban J connectivity index is 2.01. The van der Waals surface area contributed by atoms with Gasteiger partial charge < -0.3 is 10.2 Å². The molecule has 1 fully saturated rings. The first kappa shape index (κ1) is 17.4. The maximum absolute atomic E-state index is 10.5. The second kappa shape index (κ2) is 6.64. The Hall–Kier alpha value is 0.01000. The van der Waals surface area contributed by atoms with Gasteiger partial charge in [-0.25, -0.2) is 0 Å². The summed E-state index contributed by atoms with van der Waals surface area (Å²) in [4.78, 5) is 0. The van der Waals surface area contributed by atoms with Crippen molar-refractivity contribution in [2.24, 2.45) is 11.3 Å². The normalized spacial score (nSPS) is 34.5. The van der Waals surface area contributed by atoms with Gasteiger partial charge in [-0.3, -0.25) is 0 Å². The average molecular weight is 313 g/mol. The molecule has 0 amide bonds. The molecule has 1 saturated carbocycles. The monoisotopic (exact) mass is 312 g/mol. The molecule has 0 aromatic rings. The summed E-state index contributed by atoms with van der Waals surface area (Å²) in [6.07, 6.45) is 8.24. The number of thioether (sulfide) groups is 1. The van der Waals surface area contributed by atoms with Crippen LogP contribution in [0.5, 0.6) is 0 Å². The number of hydrogen-bond acceptors (Lipinski definition) is 3. The van der Waals surface area contributed by atoms with Crippen molar-refractivity contribution in [1.82, 2.24) is 0 Å². The molecule has 0 aromatic carbocycles. The van der Waals surface area contributed by atoms with E-state index in [1.165, 1.54) is 12.0 Å². The van der Waals surface area contributed by atoms with Crippen molar-refractivity contribution in [3.63, 3.8) is 0 Å². The Bertz CT molecular complexity index is 389. The first-order valence-corrected chi connectivity index (χ1v) is 9.63. The van der Waals surface area contributed by atoms with Crippen LogP contribution in [0.2, 0.25) is 0 Å².